The summed E-state index contributed by atoms with van der Waals surface area (Å²) >= 11 is 0. The molecule has 0 spiro atoms. The van der Waals surface area contributed by atoms with E-state index in [0.29, 0.717) is 0 Å². The molecule has 0 saturated heterocycles. The third-order valence-corrected chi connectivity index (χ3v) is 1.71. The van der Waals surface area contributed by atoms with Crippen LogP contribution in [-0.2, 0) is 6.42 Å². The summed E-state index contributed by atoms with van der Waals surface area (Å²) < 4.78 is 17.5. The zero-order chi connectivity index (χ0) is 9.68. The van der Waals surface area contributed by atoms with E-state index < -0.39 is 6.17 Å². The van der Waals surface area contributed by atoms with Crippen LogP contribution in [0.5, 0.6) is 5.75 Å². The van der Waals surface area contributed by atoms with Crippen molar-refractivity contribution in [3.63, 3.8) is 0 Å². The monoisotopic (exact) mass is 179 g/mol. The quantitative estimate of drug-likeness (QED) is 0.711. The zero-order valence-corrected chi connectivity index (χ0v) is 7.33. The molecule has 0 saturated carbocycles. The van der Waals surface area contributed by atoms with Crippen molar-refractivity contribution in [1.82, 2.24) is 0 Å². The number of benzene rings is 1. The molecule has 1 rings (SSSR count). The largest absolute Gasteiger partial charge is 0.497 e. The molecule has 2 nitrogen and oxygen atoms in total. The van der Waals surface area contributed by atoms with Gasteiger partial charge in [-0.05, 0) is 17.7 Å². The molecule has 0 aliphatic rings. The smallest absolute Gasteiger partial charge is 0.190 e. The molecule has 1 unspecified atom stereocenters. The minimum Gasteiger partial charge on any atom is -0.497 e. The van der Waals surface area contributed by atoms with Gasteiger partial charge in [-0.15, -0.1) is 0 Å². The van der Waals surface area contributed by atoms with Crippen LogP contribution in [-0.4, -0.2) is 13.3 Å². The second-order valence-corrected chi connectivity index (χ2v) is 2.65. The van der Waals surface area contributed by atoms with Crippen LogP contribution in [0.2, 0.25) is 0 Å². The third-order valence-electron chi connectivity index (χ3n) is 1.71. The zero-order valence-electron chi connectivity index (χ0n) is 7.33. The number of hydrogen-bond donors (Lipinski definition) is 0. The van der Waals surface area contributed by atoms with Crippen molar-refractivity contribution in [2.24, 2.45) is 0 Å². The van der Waals surface area contributed by atoms with Crippen LogP contribution in [0.4, 0.5) is 4.39 Å². The molecule has 1 aromatic carbocycles. The molecule has 0 heterocycles. The number of nitriles is 1. The Labute approximate surface area is 76.6 Å². The second-order valence-electron chi connectivity index (χ2n) is 2.65. The van der Waals surface area contributed by atoms with Crippen LogP contribution < -0.4 is 4.74 Å². The summed E-state index contributed by atoms with van der Waals surface area (Å²) in [6.07, 6.45) is -1.28. The normalized spacial score (nSPS) is 11.8. The van der Waals surface area contributed by atoms with Crippen molar-refractivity contribution in [2.75, 3.05) is 7.11 Å². The highest BCUT2D eigenvalue weighted by molar-refractivity contribution is 5.27. The molecular weight excluding hydrogens is 169 g/mol. The highest BCUT2D eigenvalue weighted by Gasteiger charge is 2.04. The Balaban J connectivity index is 2.65. The summed E-state index contributed by atoms with van der Waals surface area (Å²) in [5.74, 6) is 0.733. The first-order valence-electron chi connectivity index (χ1n) is 3.93. The predicted octanol–water partition coefficient (Wildman–Crippen LogP) is 2.10. The Morgan fingerprint density at radius 2 is 2.08 bits per heavy atom. The summed E-state index contributed by atoms with van der Waals surface area (Å²) in [6, 6.07) is 8.55. The molecule has 1 atom stereocenters. The van der Waals surface area contributed by atoms with Gasteiger partial charge < -0.3 is 4.74 Å². The van der Waals surface area contributed by atoms with Gasteiger partial charge in [0, 0.05) is 6.42 Å². The molecule has 0 fully saturated rings. The van der Waals surface area contributed by atoms with Crippen LogP contribution >= 0.6 is 0 Å². The molecule has 0 aliphatic carbocycles. The van der Waals surface area contributed by atoms with Gasteiger partial charge in [-0.2, -0.15) is 5.26 Å². The van der Waals surface area contributed by atoms with Crippen molar-refractivity contribution in [3.8, 4) is 11.8 Å². The lowest BCUT2D eigenvalue weighted by Crippen LogP contribution is -2.00. The average Bonchev–Trinajstić information content (AvgIpc) is 2.19. The van der Waals surface area contributed by atoms with Crippen LogP contribution in [0, 0.1) is 11.3 Å². The van der Waals surface area contributed by atoms with Crippen molar-refractivity contribution >= 4 is 0 Å². The lowest BCUT2D eigenvalue weighted by atomic mass is 10.1. The summed E-state index contributed by atoms with van der Waals surface area (Å²) in [7, 11) is 1.57. The fourth-order valence-electron chi connectivity index (χ4n) is 1.01. The number of rotatable bonds is 3. The summed E-state index contributed by atoms with van der Waals surface area (Å²) in [6.45, 7) is 0. The van der Waals surface area contributed by atoms with Crippen molar-refractivity contribution in [3.05, 3.63) is 29.8 Å². The lowest BCUT2D eigenvalue weighted by molar-refractivity contribution is 0.405. The van der Waals surface area contributed by atoms with E-state index in [1.165, 1.54) is 0 Å². The van der Waals surface area contributed by atoms with Crippen LogP contribution in [0.25, 0.3) is 0 Å². The number of nitrogens with zero attached hydrogens (tertiary/aromatic N) is 1. The van der Waals surface area contributed by atoms with E-state index in [0.717, 1.165) is 11.3 Å². The van der Waals surface area contributed by atoms with Crippen molar-refractivity contribution in [1.29, 1.82) is 5.26 Å². The van der Waals surface area contributed by atoms with Gasteiger partial charge in [-0.1, -0.05) is 12.1 Å². The first-order chi connectivity index (χ1) is 6.26. The number of hydrogen-bond acceptors (Lipinski definition) is 2. The van der Waals surface area contributed by atoms with Gasteiger partial charge >= 0.3 is 0 Å². The van der Waals surface area contributed by atoms with E-state index >= 15 is 0 Å². The fourth-order valence-corrected chi connectivity index (χ4v) is 1.01. The van der Waals surface area contributed by atoms with Crippen molar-refractivity contribution < 1.29 is 9.13 Å². The second kappa shape index (κ2) is 4.46. The molecule has 3 heteroatoms. The summed E-state index contributed by atoms with van der Waals surface area (Å²) in [5.41, 5.74) is 0.801. The minimum absolute atomic E-state index is 0.139. The Hall–Kier alpha value is -1.56. The molecule has 13 heavy (non-hydrogen) atoms. The Morgan fingerprint density at radius 3 is 2.54 bits per heavy atom. The topological polar surface area (TPSA) is 33.0 Å². The van der Waals surface area contributed by atoms with E-state index in [-0.39, 0.29) is 6.42 Å². The van der Waals surface area contributed by atoms with Gasteiger partial charge in [0.15, 0.2) is 6.17 Å². The fraction of sp³-hybridized carbons (Fsp3) is 0.300. The van der Waals surface area contributed by atoms with Gasteiger partial charge in [-0.3, -0.25) is 0 Å². The van der Waals surface area contributed by atoms with Crippen LogP contribution in [0.3, 0.4) is 0 Å². The van der Waals surface area contributed by atoms with Gasteiger partial charge in [-0.25, -0.2) is 4.39 Å². The van der Waals surface area contributed by atoms with Crippen LogP contribution in [0.1, 0.15) is 5.56 Å². The molecular formula is C10H10FNO. The van der Waals surface area contributed by atoms with E-state index in [1.807, 2.05) is 0 Å². The molecule has 0 amide bonds. The van der Waals surface area contributed by atoms with Gasteiger partial charge in [0.2, 0.25) is 0 Å². The van der Waals surface area contributed by atoms with Crippen LogP contribution in [0.15, 0.2) is 24.3 Å². The Bertz CT molecular complexity index is 302. The van der Waals surface area contributed by atoms with Gasteiger partial charge in [0.25, 0.3) is 0 Å². The van der Waals surface area contributed by atoms with Gasteiger partial charge in [0.05, 0.1) is 7.11 Å². The number of halogens is 1. The molecule has 0 aromatic heterocycles. The van der Waals surface area contributed by atoms with E-state index in [9.17, 15) is 4.39 Å². The molecule has 1 aromatic rings. The maximum atomic E-state index is 12.6. The minimum atomic E-state index is -1.42. The number of alkyl halides is 1. The highest BCUT2D eigenvalue weighted by Crippen LogP contribution is 2.13. The molecule has 0 N–H and O–H groups in total. The first kappa shape index (κ1) is 9.53. The number of ether oxygens (including phenoxy) is 1. The maximum Gasteiger partial charge on any atom is 0.190 e. The van der Waals surface area contributed by atoms with E-state index in [1.54, 1.807) is 37.4 Å². The standard InChI is InChI=1S/C10H10FNO/c1-13-10-4-2-8(3-5-10)6-9(11)7-12/h2-5,9H,6H2,1H3. The van der Waals surface area contributed by atoms with Crippen molar-refractivity contribution in [2.45, 2.75) is 12.6 Å². The summed E-state index contributed by atoms with van der Waals surface area (Å²) in [4.78, 5) is 0. The average molecular weight is 179 g/mol. The lowest BCUT2D eigenvalue weighted by Gasteiger charge is -2.02. The van der Waals surface area contributed by atoms with Gasteiger partial charge in [0.1, 0.15) is 11.8 Å². The molecule has 0 radical (unpaired) electrons. The maximum absolute atomic E-state index is 12.6. The van der Waals surface area contributed by atoms with E-state index in [4.69, 9.17) is 10.00 Å². The molecule has 68 valence electrons. The molecule has 0 aliphatic heterocycles. The highest BCUT2D eigenvalue weighted by atomic mass is 19.1. The summed E-state index contributed by atoms with van der Waals surface area (Å²) in [5, 5.41) is 8.25. The first-order valence-corrected chi connectivity index (χ1v) is 3.93. The van der Waals surface area contributed by atoms with E-state index in [2.05, 4.69) is 0 Å². The molecule has 0 bridgehead atoms. The Morgan fingerprint density at radius 1 is 1.46 bits per heavy atom. The Kier molecular flexibility index (Phi) is 3.27. The third kappa shape index (κ3) is 2.75. The predicted molar refractivity (Wildman–Crippen MR) is 47.2 cm³/mol. The number of methoxy groups -OCH3 is 1. The SMILES string of the molecule is COc1ccc(CC(F)C#N)cc1.